The Morgan fingerprint density at radius 3 is 2.84 bits per heavy atom. The molecule has 0 atom stereocenters. The van der Waals surface area contributed by atoms with Gasteiger partial charge in [0.2, 0.25) is 0 Å². The summed E-state index contributed by atoms with van der Waals surface area (Å²) < 4.78 is 0. The van der Waals surface area contributed by atoms with E-state index >= 15 is 0 Å². The maximum absolute atomic E-state index is 11.4. The Morgan fingerprint density at radius 2 is 2.11 bits per heavy atom. The van der Waals surface area contributed by atoms with Gasteiger partial charge >= 0.3 is 6.03 Å². The molecule has 2 rings (SSSR count). The van der Waals surface area contributed by atoms with Crippen LogP contribution in [0, 0.1) is 0 Å². The molecule has 2 heterocycles. The molecule has 0 bridgehead atoms. The predicted molar refractivity (Wildman–Crippen MR) is 79.0 cm³/mol. The first-order valence-corrected chi connectivity index (χ1v) is 7.88. The van der Waals surface area contributed by atoms with Gasteiger partial charge in [-0.05, 0) is 19.3 Å². The quantitative estimate of drug-likeness (QED) is 0.839. The molecule has 5 nitrogen and oxygen atoms in total. The molecule has 0 saturated carbocycles. The molecule has 1 saturated heterocycles. The minimum atomic E-state index is -0.0863. The zero-order valence-corrected chi connectivity index (χ0v) is 12.3. The molecule has 1 aromatic heterocycles. The third-order valence-electron chi connectivity index (χ3n) is 3.12. The second-order valence-corrected chi connectivity index (χ2v) is 5.58. The van der Waals surface area contributed by atoms with E-state index < -0.39 is 0 Å². The van der Waals surface area contributed by atoms with Gasteiger partial charge in [-0.25, -0.2) is 9.78 Å². The number of rotatable bonds is 6. The van der Waals surface area contributed by atoms with E-state index in [1.54, 1.807) is 11.3 Å². The molecule has 1 fully saturated rings. The molecule has 0 radical (unpaired) electrons. The van der Waals surface area contributed by atoms with Crippen molar-refractivity contribution in [2.45, 2.75) is 32.6 Å². The molecule has 0 unspecified atom stereocenters. The van der Waals surface area contributed by atoms with Crippen LogP contribution in [-0.2, 0) is 6.42 Å². The summed E-state index contributed by atoms with van der Waals surface area (Å²) in [5.74, 6) is 0. The number of hydrogen-bond donors (Lipinski definition) is 2. The number of carbonyl (C=O) groups is 1. The van der Waals surface area contributed by atoms with Gasteiger partial charge in [0.25, 0.3) is 0 Å². The number of urea groups is 1. The molecule has 0 aliphatic carbocycles. The highest BCUT2D eigenvalue weighted by Gasteiger charge is 2.15. The summed E-state index contributed by atoms with van der Waals surface area (Å²) in [5.41, 5.74) is 1.07. The summed E-state index contributed by atoms with van der Waals surface area (Å²) >= 11 is 1.71. The molecule has 2 N–H and O–H groups in total. The first-order valence-electron chi connectivity index (χ1n) is 7.00. The van der Waals surface area contributed by atoms with Crippen molar-refractivity contribution in [3.8, 4) is 0 Å². The van der Waals surface area contributed by atoms with Crippen LogP contribution in [0.2, 0.25) is 0 Å². The van der Waals surface area contributed by atoms with E-state index in [0.29, 0.717) is 6.54 Å². The van der Waals surface area contributed by atoms with Crippen molar-refractivity contribution >= 4 is 22.5 Å². The van der Waals surface area contributed by atoms with Gasteiger partial charge in [0.05, 0.1) is 5.69 Å². The summed E-state index contributed by atoms with van der Waals surface area (Å²) in [4.78, 5) is 18.3. The van der Waals surface area contributed by atoms with E-state index in [1.165, 1.54) is 12.8 Å². The summed E-state index contributed by atoms with van der Waals surface area (Å²) in [6, 6.07) is -0.0863. The first-order chi connectivity index (χ1) is 9.29. The minimum Gasteiger partial charge on any atom is -0.348 e. The smallest absolute Gasteiger partial charge is 0.314 e. The van der Waals surface area contributed by atoms with Crippen molar-refractivity contribution in [3.05, 3.63) is 11.1 Å². The van der Waals surface area contributed by atoms with E-state index in [-0.39, 0.29) is 6.03 Å². The van der Waals surface area contributed by atoms with E-state index in [0.717, 1.165) is 43.3 Å². The lowest BCUT2D eigenvalue weighted by Gasteiger charge is -2.12. The van der Waals surface area contributed by atoms with Gasteiger partial charge in [-0.2, -0.15) is 0 Å². The van der Waals surface area contributed by atoms with Crippen LogP contribution in [-0.4, -0.2) is 37.2 Å². The molecule has 1 aliphatic rings. The topological polar surface area (TPSA) is 57.3 Å². The molecule has 2 amide bonds. The van der Waals surface area contributed by atoms with Gasteiger partial charge in [0.15, 0.2) is 5.13 Å². The monoisotopic (exact) mass is 282 g/mol. The zero-order valence-electron chi connectivity index (χ0n) is 11.4. The standard InChI is InChI=1S/C13H22N4OS/c1-2-6-14-12(18)15-7-5-11-10-19-13(16-11)17-8-3-4-9-17/h10H,2-9H2,1H3,(H2,14,15,18). The van der Waals surface area contributed by atoms with Crippen molar-refractivity contribution in [1.29, 1.82) is 0 Å². The Hall–Kier alpha value is -1.30. The second-order valence-electron chi connectivity index (χ2n) is 4.75. The fourth-order valence-corrected chi connectivity index (χ4v) is 2.98. The lowest BCUT2D eigenvalue weighted by atomic mass is 10.3. The minimum absolute atomic E-state index is 0.0863. The molecule has 6 heteroatoms. The number of hydrogen-bond acceptors (Lipinski definition) is 4. The normalized spacial score (nSPS) is 14.7. The van der Waals surface area contributed by atoms with Gasteiger partial charge in [0, 0.05) is 38.0 Å². The number of anilines is 1. The Balaban J connectivity index is 1.70. The summed E-state index contributed by atoms with van der Waals surface area (Å²) in [5, 5.41) is 8.86. The maximum Gasteiger partial charge on any atom is 0.314 e. The van der Waals surface area contributed by atoms with Gasteiger partial charge < -0.3 is 15.5 Å². The molecule has 0 spiro atoms. The molecular formula is C13H22N4OS. The van der Waals surface area contributed by atoms with Crippen molar-refractivity contribution in [2.24, 2.45) is 0 Å². The fourth-order valence-electron chi connectivity index (χ4n) is 2.07. The third-order valence-corrected chi connectivity index (χ3v) is 4.07. The van der Waals surface area contributed by atoms with Crippen LogP contribution in [0.3, 0.4) is 0 Å². The van der Waals surface area contributed by atoms with Crippen LogP contribution in [0.4, 0.5) is 9.93 Å². The van der Waals surface area contributed by atoms with Gasteiger partial charge in [-0.3, -0.25) is 0 Å². The van der Waals surface area contributed by atoms with Crippen LogP contribution >= 0.6 is 11.3 Å². The van der Waals surface area contributed by atoms with Crippen LogP contribution in [0.15, 0.2) is 5.38 Å². The maximum atomic E-state index is 11.4. The Kier molecular flexibility index (Phi) is 5.44. The van der Waals surface area contributed by atoms with Crippen LogP contribution in [0.5, 0.6) is 0 Å². The molecule has 1 aliphatic heterocycles. The highest BCUT2D eigenvalue weighted by molar-refractivity contribution is 7.13. The molecule has 0 aromatic carbocycles. The lowest BCUT2D eigenvalue weighted by molar-refractivity contribution is 0.241. The van der Waals surface area contributed by atoms with Crippen LogP contribution in [0.1, 0.15) is 31.9 Å². The SMILES string of the molecule is CCCNC(=O)NCCc1csc(N2CCCC2)n1. The largest absolute Gasteiger partial charge is 0.348 e. The first kappa shape index (κ1) is 14.1. The lowest BCUT2D eigenvalue weighted by Crippen LogP contribution is -2.36. The van der Waals surface area contributed by atoms with Gasteiger partial charge in [0.1, 0.15) is 0 Å². The summed E-state index contributed by atoms with van der Waals surface area (Å²) in [6.45, 7) is 5.66. The fraction of sp³-hybridized carbons (Fsp3) is 0.692. The third kappa shape index (κ3) is 4.38. The molecule has 106 valence electrons. The Labute approximate surface area is 118 Å². The van der Waals surface area contributed by atoms with E-state index in [4.69, 9.17) is 0 Å². The molecule has 1 aromatic rings. The Morgan fingerprint density at radius 1 is 1.37 bits per heavy atom. The zero-order chi connectivity index (χ0) is 13.5. The number of nitrogens with one attached hydrogen (secondary N) is 2. The summed E-state index contributed by atoms with van der Waals surface area (Å²) in [6.07, 6.45) is 4.30. The number of carbonyl (C=O) groups excluding carboxylic acids is 1. The van der Waals surface area contributed by atoms with Gasteiger partial charge in [-0.1, -0.05) is 6.92 Å². The van der Waals surface area contributed by atoms with Crippen molar-refractivity contribution < 1.29 is 4.79 Å². The van der Waals surface area contributed by atoms with Crippen LogP contribution in [0.25, 0.3) is 0 Å². The van der Waals surface area contributed by atoms with Gasteiger partial charge in [-0.15, -0.1) is 11.3 Å². The number of nitrogens with zero attached hydrogens (tertiary/aromatic N) is 2. The highest BCUT2D eigenvalue weighted by atomic mass is 32.1. The van der Waals surface area contributed by atoms with E-state index in [9.17, 15) is 4.79 Å². The van der Waals surface area contributed by atoms with E-state index in [1.807, 2.05) is 6.92 Å². The predicted octanol–water partition coefficient (Wildman–Crippen LogP) is 1.99. The summed E-state index contributed by atoms with van der Waals surface area (Å²) in [7, 11) is 0. The van der Waals surface area contributed by atoms with Crippen LogP contribution < -0.4 is 15.5 Å². The average molecular weight is 282 g/mol. The molecule has 19 heavy (non-hydrogen) atoms. The van der Waals surface area contributed by atoms with E-state index in [2.05, 4.69) is 25.9 Å². The second kappa shape index (κ2) is 7.33. The average Bonchev–Trinajstić information content (AvgIpc) is 3.06. The Bertz CT molecular complexity index is 401. The number of aromatic nitrogens is 1. The number of thiazole rings is 1. The van der Waals surface area contributed by atoms with Crippen molar-refractivity contribution in [1.82, 2.24) is 15.6 Å². The number of amides is 2. The van der Waals surface area contributed by atoms with Crippen molar-refractivity contribution in [2.75, 3.05) is 31.1 Å². The molecular weight excluding hydrogens is 260 g/mol. The van der Waals surface area contributed by atoms with Crippen molar-refractivity contribution in [3.63, 3.8) is 0 Å². The highest BCUT2D eigenvalue weighted by Crippen LogP contribution is 2.24.